The number of hydrogen-bond acceptors (Lipinski definition) is 4. The van der Waals surface area contributed by atoms with Gasteiger partial charge in [0.25, 0.3) is 0 Å². The van der Waals surface area contributed by atoms with Crippen LogP contribution in [0.4, 0.5) is 0 Å². The molecule has 1 N–H and O–H groups in total. The Labute approximate surface area is 191 Å². The Balaban J connectivity index is 1.36. The maximum Gasteiger partial charge on any atom is 0.0593 e. The minimum absolute atomic E-state index is 0.227. The number of benzene rings is 2. The normalized spacial score (nSPS) is 24.2. The monoisotopic (exact) mass is 427 g/mol. The second-order valence-corrected chi connectivity index (χ2v) is 9.37. The summed E-state index contributed by atoms with van der Waals surface area (Å²) in [6.07, 6.45) is 6.17. The molecular weight excluding hydrogens is 394 g/mol. The molecule has 0 bridgehead atoms. The molecule has 32 heavy (non-hydrogen) atoms. The molecule has 0 unspecified atom stereocenters. The standard InChI is InChI=1S/C28H33N3O/c1-21-5-4-6-25(17-21)23-7-9-24(10-8-23)28-26-19-30(18-22-11-13-29-14-12-22)15-2-3-16-31(26)27(28)20-32/h4-14,17,26-28,32H,2-3,15-16,18-20H2,1H3/t26-,27+,28+/m0/s1. The molecule has 3 atom stereocenters. The number of aryl methyl sites for hydroxylation is 1. The van der Waals surface area contributed by atoms with Crippen LogP contribution in [0.1, 0.15) is 35.4 Å². The topological polar surface area (TPSA) is 39.6 Å². The van der Waals surface area contributed by atoms with Crippen LogP contribution in [0.2, 0.25) is 0 Å². The largest absolute Gasteiger partial charge is 0.395 e. The van der Waals surface area contributed by atoms with Crippen molar-refractivity contribution in [3.05, 3.63) is 89.7 Å². The number of hydrogen-bond donors (Lipinski definition) is 1. The van der Waals surface area contributed by atoms with E-state index in [2.05, 4.69) is 82.4 Å². The van der Waals surface area contributed by atoms with E-state index < -0.39 is 0 Å². The van der Waals surface area contributed by atoms with Crippen molar-refractivity contribution < 1.29 is 5.11 Å². The Morgan fingerprint density at radius 3 is 2.47 bits per heavy atom. The number of aromatic nitrogens is 1. The molecule has 2 fully saturated rings. The van der Waals surface area contributed by atoms with Gasteiger partial charge in [0.15, 0.2) is 0 Å². The molecule has 0 saturated carbocycles. The van der Waals surface area contributed by atoms with Gasteiger partial charge in [-0.3, -0.25) is 14.8 Å². The van der Waals surface area contributed by atoms with Crippen molar-refractivity contribution >= 4 is 0 Å². The van der Waals surface area contributed by atoms with E-state index in [4.69, 9.17) is 0 Å². The summed E-state index contributed by atoms with van der Waals surface area (Å²) < 4.78 is 0. The average Bonchev–Trinajstić information content (AvgIpc) is 2.81. The van der Waals surface area contributed by atoms with Crippen molar-refractivity contribution in [2.24, 2.45) is 0 Å². The van der Waals surface area contributed by atoms with Gasteiger partial charge < -0.3 is 5.11 Å². The first-order chi connectivity index (χ1) is 15.7. The molecule has 0 amide bonds. The van der Waals surface area contributed by atoms with E-state index in [0.717, 1.165) is 26.2 Å². The molecule has 4 heteroatoms. The molecule has 0 aliphatic carbocycles. The van der Waals surface area contributed by atoms with Crippen LogP contribution >= 0.6 is 0 Å². The lowest BCUT2D eigenvalue weighted by molar-refractivity contribution is -0.0655. The molecule has 2 saturated heterocycles. The first-order valence-electron chi connectivity index (χ1n) is 11.9. The summed E-state index contributed by atoms with van der Waals surface area (Å²) in [4.78, 5) is 9.31. The SMILES string of the molecule is Cc1cccc(-c2ccc([C@H]3[C@@H](CO)N4CCCCN(Cc5ccncc5)C[C@@H]34)cc2)c1. The number of rotatable bonds is 5. The van der Waals surface area contributed by atoms with Crippen LogP contribution in [0.5, 0.6) is 0 Å². The minimum atomic E-state index is 0.227. The minimum Gasteiger partial charge on any atom is -0.395 e. The summed E-state index contributed by atoms with van der Waals surface area (Å²) in [6.45, 7) is 6.61. The summed E-state index contributed by atoms with van der Waals surface area (Å²) >= 11 is 0. The maximum atomic E-state index is 10.2. The van der Waals surface area contributed by atoms with Gasteiger partial charge in [-0.1, -0.05) is 54.1 Å². The molecule has 166 valence electrons. The highest BCUT2D eigenvalue weighted by atomic mass is 16.3. The van der Waals surface area contributed by atoms with E-state index in [1.54, 1.807) is 0 Å². The Morgan fingerprint density at radius 2 is 1.72 bits per heavy atom. The molecular formula is C28H33N3O. The van der Waals surface area contributed by atoms with E-state index in [1.807, 2.05) is 12.4 Å². The fraction of sp³-hybridized carbons (Fsp3) is 0.393. The van der Waals surface area contributed by atoms with Gasteiger partial charge >= 0.3 is 0 Å². The van der Waals surface area contributed by atoms with Crippen molar-refractivity contribution in [2.75, 3.05) is 26.2 Å². The fourth-order valence-corrected chi connectivity index (χ4v) is 5.62. The molecule has 5 rings (SSSR count). The van der Waals surface area contributed by atoms with Gasteiger partial charge in [-0.15, -0.1) is 0 Å². The van der Waals surface area contributed by atoms with Gasteiger partial charge in [-0.05, 0) is 67.2 Å². The Kier molecular flexibility index (Phi) is 6.35. The zero-order valence-electron chi connectivity index (χ0n) is 18.9. The highest BCUT2D eigenvalue weighted by Gasteiger charge is 2.48. The number of fused-ring (bicyclic) bond motifs is 1. The number of nitrogens with zero attached hydrogens (tertiary/aromatic N) is 3. The van der Waals surface area contributed by atoms with Crippen LogP contribution in [-0.4, -0.2) is 58.2 Å². The third-order valence-corrected chi connectivity index (χ3v) is 7.26. The first kappa shape index (κ1) is 21.3. The summed E-state index contributed by atoms with van der Waals surface area (Å²) in [5, 5.41) is 10.2. The number of aliphatic hydroxyl groups is 1. The van der Waals surface area contributed by atoms with Crippen molar-refractivity contribution in [2.45, 2.75) is 44.3 Å². The van der Waals surface area contributed by atoms with Gasteiger partial charge in [0, 0.05) is 43.5 Å². The number of pyridine rings is 1. The molecule has 0 radical (unpaired) electrons. The van der Waals surface area contributed by atoms with Crippen LogP contribution in [0.3, 0.4) is 0 Å². The summed E-state index contributed by atoms with van der Waals surface area (Å²) in [5.41, 5.74) is 6.48. The Hall–Kier alpha value is -2.53. The van der Waals surface area contributed by atoms with Crippen LogP contribution in [0.15, 0.2) is 73.1 Å². The van der Waals surface area contributed by atoms with E-state index in [1.165, 1.54) is 40.7 Å². The lowest BCUT2D eigenvalue weighted by Gasteiger charge is -2.57. The van der Waals surface area contributed by atoms with Crippen molar-refractivity contribution in [3.8, 4) is 11.1 Å². The van der Waals surface area contributed by atoms with E-state index >= 15 is 0 Å². The van der Waals surface area contributed by atoms with Gasteiger partial charge in [0.05, 0.1) is 6.61 Å². The fourth-order valence-electron chi connectivity index (χ4n) is 5.62. The molecule has 0 spiro atoms. The van der Waals surface area contributed by atoms with Gasteiger partial charge in [0.2, 0.25) is 0 Å². The predicted octanol–water partition coefficient (Wildman–Crippen LogP) is 4.48. The first-order valence-corrected chi connectivity index (χ1v) is 11.9. The van der Waals surface area contributed by atoms with Crippen molar-refractivity contribution in [1.82, 2.24) is 14.8 Å². The molecule has 3 heterocycles. The second kappa shape index (κ2) is 9.53. The lowest BCUT2D eigenvalue weighted by Crippen LogP contribution is -2.67. The third kappa shape index (κ3) is 4.36. The molecule has 2 aliphatic rings. The molecule has 3 aromatic rings. The molecule has 1 aromatic heterocycles. The third-order valence-electron chi connectivity index (χ3n) is 7.26. The summed E-state index contributed by atoms with van der Waals surface area (Å²) in [5.74, 6) is 0.379. The Bertz CT molecular complexity index is 1020. The smallest absolute Gasteiger partial charge is 0.0593 e. The second-order valence-electron chi connectivity index (χ2n) is 9.37. The maximum absolute atomic E-state index is 10.2. The van der Waals surface area contributed by atoms with Crippen molar-refractivity contribution in [3.63, 3.8) is 0 Å². The van der Waals surface area contributed by atoms with Gasteiger partial charge in [-0.25, -0.2) is 0 Å². The van der Waals surface area contributed by atoms with E-state index in [0.29, 0.717) is 12.0 Å². The zero-order chi connectivity index (χ0) is 21.9. The molecule has 4 nitrogen and oxygen atoms in total. The van der Waals surface area contributed by atoms with E-state index in [9.17, 15) is 5.11 Å². The van der Waals surface area contributed by atoms with Crippen LogP contribution in [0.25, 0.3) is 11.1 Å². The Morgan fingerprint density at radius 1 is 0.938 bits per heavy atom. The van der Waals surface area contributed by atoms with Crippen LogP contribution < -0.4 is 0 Å². The van der Waals surface area contributed by atoms with Gasteiger partial charge in [0.1, 0.15) is 0 Å². The zero-order valence-corrected chi connectivity index (χ0v) is 18.9. The quantitative estimate of drug-likeness (QED) is 0.652. The van der Waals surface area contributed by atoms with Crippen LogP contribution in [0, 0.1) is 6.92 Å². The average molecular weight is 428 g/mol. The van der Waals surface area contributed by atoms with Crippen LogP contribution in [-0.2, 0) is 6.54 Å². The highest BCUT2D eigenvalue weighted by Crippen LogP contribution is 2.42. The van der Waals surface area contributed by atoms with Crippen molar-refractivity contribution in [1.29, 1.82) is 0 Å². The number of aliphatic hydroxyl groups excluding tert-OH is 1. The summed E-state index contributed by atoms with van der Waals surface area (Å²) in [6, 6.07) is 22.7. The van der Waals surface area contributed by atoms with Gasteiger partial charge in [-0.2, -0.15) is 0 Å². The highest BCUT2D eigenvalue weighted by molar-refractivity contribution is 5.64. The predicted molar refractivity (Wildman–Crippen MR) is 129 cm³/mol. The van der Waals surface area contributed by atoms with E-state index in [-0.39, 0.29) is 12.6 Å². The molecule has 2 aromatic carbocycles. The lowest BCUT2D eigenvalue weighted by atomic mass is 9.74. The summed E-state index contributed by atoms with van der Waals surface area (Å²) in [7, 11) is 0. The molecule has 2 aliphatic heterocycles.